The van der Waals surface area contributed by atoms with Crippen molar-refractivity contribution in [1.82, 2.24) is 15.0 Å². The van der Waals surface area contributed by atoms with Crippen LogP contribution in [0, 0.1) is 0 Å². The van der Waals surface area contributed by atoms with Crippen molar-refractivity contribution in [3.8, 4) is 0 Å². The van der Waals surface area contributed by atoms with E-state index >= 15 is 0 Å². The first-order valence-electron chi connectivity index (χ1n) is 7.59. The second-order valence-corrected chi connectivity index (χ2v) is 5.07. The van der Waals surface area contributed by atoms with Gasteiger partial charge in [-0.25, -0.2) is 9.48 Å². The highest BCUT2D eigenvalue weighted by molar-refractivity contribution is 5.93. The molecule has 0 aliphatic rings. The van der Waals surface area contributed by atoms with Crippen LogP contribution in [0.2, 0.25) is 0 Å². The molecule has 0 saturated heterocycles. The molecule has 1 heterocycles. The number of hydrogen-bond acceptors (Lipinski definition) is 4. The minimum Gasteiger partial charge on any atom is -0.476 e. The van der Waals surface area contributed by atoms with Gasteiger partial charge in [0.25, 0.3) is 0 Å². The van der Waals surface area contributed by atoms with Gasteiger partial charge in [-0.05, 0) is 25.5 Å². The molecule has 2 aromatic rings. The Kier molecular flexibility index (Phi) is 5.46. The number of carbonyl (C=O) groups excluding carboxylic acids is 1. The molecule has 23 heavy (non-hydrogen) atoms. The third-order valence-electron chi connectivity index (χ3n) is 3.50. The molecule has 0 fully saturated rings. The van der Waals surface area contributed by atoms with Gasteiger partial charge in [-0.2, -0.15) is 0 Å². The molecular formula is C16H20N4O3. The second kappa shape index (κ2) is 7.53. The molecule has 0 saturated carbocycles. The lowest BCUT2D eigenvalue weighted by Crippen LogP contribution is -2.34. The van der Waals surface area contributed by atoms with Crippen LogP contribution in [0.25, 0.3) is 0 Å². The lowest BCUT2D eigenvalue weighted by molar-refractivity contribution is -0.119. The SMILES string of the molecule is CCCc1c(C(=O)O)nnn1CC(=O)N(CC)c1ccccc1. The van der Waals surface area contributed by atoms with Crippen LogP contribution < -0.4 is 4.90 Å². The molecule has 1 aromatic heterocycles. The lowest BCUT2D eigenvalue weighted by atomic mass is 10.2. The number of hydrogen-bond donors (Lipinski definition) is 1. The maximum Gasteiger partial charge on any atom is 0.358 e. The first-order chi connectivity index (χ1) is 11.1. The van der Waals surface area contributed by atoms with E-state index in [0.29, 0.717) is 18.7 Å². The second-order valence-electron chi connectivity index (χ2n) is 5.07. The number of carbonyl (C=O) groups is 2. The molecule has 122 valence electrons. The molecule has 1 amide bonds. The Hall–Kier alpha value is -2.70. The number of carboxylic acids is 1. The highest BCUT2D eigenvalue weighted by atomic mass is 16.4. The van der Waals surface area contributed by atoms with E-state index in [0.717, 1.165) is 12.1 Å². The molecule has 0 atom stereocenters. The molecule has 0 aliphatic heterocycles. The number of likely N-dealkylation sites (N-methyl/N-ethyl adjacent to an activating group) is 1. The van der Waals surface area contributed by atoms with E-state index in [-0.39, 0.29) is 18.1 Å². The van der Waals surface area contributed by atoms with E-state index < -0.39 is 5.97 Å². The Morgan fingerprint density at radius 2 is 1.91 bits per heavy atom. The summed E-state index contributed by atoms with van der Waals surface area (Å²) in [4.78, 5) is 25.4. The van der Waals surface area contributed by atoms with Crippen molar-refractivity contribution < 1.29 is 14.7 Å². The first kappa shape index (κ1) is 16.7. The number of benzene rings is 1. The summed E-state index contributed by atoms with van der Waals surface area (Å²) in [7, 11) is 0. The fourth-order valence-corrected chi connectivity index (χ4v) is 2.43. The van der Waals surface area contributed by atoms with Crippen molar-refractivity contribution in [3.63, 3.8) is 0 Å². The van der Waals surface area contributed by atoms with Crippen LogP contribution in [0.1, 0.15) is 36.5 Å². The number of rotatable bonds is 7. The Morgan fingerprint density at radius 3 is 2.48 bits per heavy atom. The van der Waals surface area contributed by atoms with Gasteiger partial charge in [0.05, 0.1) is 5.69 Å². The molecule has 7 heteroatoms. The van der Waals surface area contributed by atoms with Gasteiger partial charge >= 0.3 is 5.97 Å². The molecule has 0 unspecified atom stereocenters. The predicted octanol–water partition coefficient (Wildman–Crippen LogP) is 1.98. The zero-order valence-corrected chi connectivity index (χ0v) is 13.3. The normalized spacial score (nSPS) is 10.5. The summed E-state index contributed by atoms with van der Waals surface area (Å²) in [5.74, 6) is -1.28. The summed E-state index contributed by atoms with van der Waals surface area (Å²) >= 11 is 0. The summed E-state index contributed by atoms with van der Waals surface area (Å²) < 4.78 is 1.39. The van der Waals surface area contributed by atoms with Crippen LogP contribution in [-0.4, -0.2) is 38.5 Å². The number of nitrogens with zero attached hydrogens (tertiary/aromatic N) is 4. The molecule has 0 aliphatic carbocycles. The third kappa shape index (κ3) is 3.74. The van der Waals surface area contributed by atoms with Gasteiger partial charge in [-0.3, -0.25) is 4.79 Å². The van der Waals surface area contributed by atoms with E-state index in [1.165, 1.54) is 4.68 Å². The standard InChI is InChI=1S/C16H20N4O3/c1-3-8-13-15(16(22)23)17-18-20(13)11-14(21)19(4-2)12-9-6-5-7-10-12/h5-7,9-10H,3-4,8,11H2,1-2H3,(H,22,23). The van der Waals surface area contributed by atoms with Gasteiger partial charge in [0, 0.05) is 12.2 Å². The van der Waals surface area contributed by atoms with Crippen LogP contribution in [-0.2, 0) is 17.8 Å². The number of para-hydroxylation sites is 1. The van der Waals surface area contributed by atoms with Gasteiger partial charge < -0.3 is 10.0 Å². The van der Waals surface area contributed by atoms with Crippen molar-refractivity contribution >= 4 is 17.6 Å². The average molecular weight is 316 g/mol. The predicted molar refractivity (Wildman–Crippen MR) is 85.4 cm³/mol. The Bertz CT molecular complexity index is 682. The zero-order chi connectivity index (χ0) is 16.8. The zero-order valence-electron chi connectivity index (χ0n) is 13.3. The summed E-state index contributed by atoms with van der Waals surface area (Å²) in [5, 5.41) is 16.7. The average Bonchev–Trinajstić information content (AvgIpc) is 2.92. The van der Waals surface area contributed by atoms with Crippen LogP contribution in [0.4, 0.5) is 5.69 Å². The summed E-state index contributed by atoms with van der Waals surface area (Å²) in [6.45, 7) is 4.32. The summed E-state index contributed by atoms with van der Waals surface area (Å²) in [5.41, 5.74) is 1.20. The lowest BCUT2D eigenvalue weighted by Gasteiger charge is -2.21. The molecular weight excluding hydrogens is 296 g/mol. The topological polar surface area (TPSA) is 88.3 Å². The molecule has 1 aromatic carbocycles. The van der Waals surface area contributed by atoms with Gasteiger partial charge in [-0.15, -0.1) is 5.10 Å². The highest BCUT2D eigenvalue weighted by Gasteiger charge is 2.21. The van der Waals surface area contributed by atoms with Gasteiger partial charge in [0.15, 0.2) is 5.69 Å². The molecule has 0 spiro atoms. The van der Waals surface area contributed by atoms with E-state index in [4.69, 9.17) is 5.11 Å². The molecule has 7 nitrogen and oxygen atoms in total. The largest absolute Gasteiger partial charge is 0.476 e. The van der Waals surface area contributed by atoms with Crippen LogP contribution in [0.3, 0.4) is 0 Å². The number of aromatic nitrogens is 3. The van der Waals surface area contributed by atoms with Crippen LogP contribution in [0.15, 0.2) is 30.3 Å². The van der Waals surface area contributed by atoms with Crippen molar-refractivity contribution in [2.75, 3.05) is 11.4 Å². The quantitative estimate of drug-likeness (QED) is 0.844. The number of amides is 1. The van der Waals surface area contributed by atoms with E-state index in [2.05, 4.69) is 10.3 Å². The molecule has 2 rings (SSSR count). The maximum absolute atomic E-state index is 12.6. The van der Waals surface area contributed by atoms with Gasteiger partial charge in [0.2, 0.25) is 5.91 Å². The van der Waals surface area contributed by atoms with Gasteiger partial charge in [0.1, 0.15) is 6.54 Å². The minimum atomic E-state index is -1.12. The Labute approximate surface area is 134 Å². The summed E-state index contributed by atoms with van der Waals surface area (Å²) in [6.07, 6.45) is 1.26. The van der Waals surface area contributed by atoms with Crippen LogP contribution >= 0.6 is 0 Å². The third-order valence-corrected chi connectivity index (χ3v) is 3.50. The van der Waals surface area contributed by atoms with E-state index in [9.17, 15) is 9.59 Å². The maximum atomic E-state index is 12.6. The van der Waals surface area contributed by atoms with E-state index in [1.54, 1.807) is 4.90 Å². The van der Waals surface area contributed by atoms with Crippen molar-refractivity contribution in [1.29, 1.82) is 0 Å². The fraction of sp³-hybridized carbons (Fsp3) is 0.375. The van der Waals surface area contributed by atoms with E-state index in [1.807, 2.05) is 44.2 Å². The van der Waals surface area contributed by atoms with Crippen molar-refractivity contribution in [2.45, 2.75) is 33.2 Å². The number of aromatic carboxylic acids is 1. The minimum absolute atomic E-state index is 0.0294. The molecule has 1 N–H and O–H groups in total. The first-order valence-corrected chi connectivity index (χ1v) is 7.59. The monoisotopic (exact) mass is 316 g/mol. The van der Waals surface area contributed by atoms with Gasteiger partial charge in [-0.1, -0.05) is 36.8 Å². The Balaban J connectivity index is 2.24. The Morgan fingerprint density at radius 1 is 1.22 bits per heavy atom. The summed E-state index contributed by atoms with van der Waals surface area (Å²) in [6, 6.07) is 9.34. The van der Waals surface area contributed by atoms with Crippen molar-refractivity contribution in [2.24, 2.45) is 0 Å². The fourth-order valence-electron chi connectivity index (χ4n) is 2.43. The molecule has 0 radical (unpaired) electrons. The highest BCUT2D eigenvalue weighted by Crippen LogP contribution is 2.15. The van der Waals surface area contributed by atoms with Crippen LogP contribution in [0.5, 0.6) is 0 Å². The number of anilines is 1. The molecule has 0 bridgehead atoms. The van der Waals surface area contributed by atoms with Crippen molar-refractivity contribution in [3.05, 3.63) is 41.7 Å². The smallest absolute Gasteiger partial charge is 0.358 e. The number of carboxylic acid groups (broad SMARTS) is 1.